The normalized spacial score (nSPS) is 18.5. The van der Waals surface area contributed by atoms with E-state index in [1.807, 2.05) is 0 Å². The zero-order valence-electron chi connectivity index (χ0n) is 8.12. The van der Waals surface area contributed by atoms with Crippen LogP contribution in [-0.4, -0.2) is 18.4 Å². The Balaban J connectivity index is 2.29. The molecule has 1 heterocycles. The summed E-state index contributed by atoms with van der Waals surface area (Å²) in [5.74, 6) is -0.325. The molecule has 0 bridgehead atoms. The second-order valence-electron chi connectivity index (χ2n) is 3.22. The van der Waals surface area contributed by atoms with Crippen LogP contribution in [0, 0.1) is 0 Å². The van der Waals surface area contributed by atoms with Crippen molar-refractivity contribution in [3.05, 3.63) is 12.0 Å². The average molecular weight is 186 g/mol. The summed E-state index contributed by atoms with van der Waals surface area (Å²) in [6.45, 7) is 5.47. The van der Waals surface area contributed by atoms with Crippen molar-refractivity contribution in [3.8, 4) is 0 Å². The lowest BCUT2D eigenvalue weighted by Crippen LogP contribution is -2.21. The minimum absolute atomic E-state index is 0.149. The lowest BCUT2D eigenvalue weighted by Gasteiger charge is -2.17. The number of hydrogen-bond donors (Lipinski definition) is 0. The Hall–Kier alpha value is -1.19. The van der Waals surface area contributed by atoms with Gasteiger partial charge < -0.3 is 14.2 Å². The SMILES string of the molecule is CCC(=O)OCC1=COC(C)(C)O1. The highest BCUT2D eigenvalue weighted by Crippen LogP contribution is 2.24. The van der Waals surface area contributed by atoms with Crippen LogP contribution in [0.15, 0.2) is 12.0 Å². The fourth-order valence-electron chi connectivity index (χ4n) is 0.889. The van der Waals surface area contributed by atoms with E-state index in [9.17, 15) is 4.79 Å². The van der Waals surface area contributed by atoms with Crippen LogP contribution in [0.25, 0.3) is 0 Å². The summed E-state index contributed by atoms with van der Waals surface area (Å²) in [6, 6.07) is 0. The Bertz CT molecular complexity index is 230. The maximum Gasteiger partial charge on any atom is 0.305 e. The summed E-state index contributed by atoms with van der Waals surface area (Å²) in [5, 5.41) is 0. The van der Waals surface area contributed by atoms with E-state index in [-0.39, 0.29) is 12.6 Å². The first kappa shape index (κ1) is 9.89. The first-order valence-corrected chi connectivity index (χ1v) is 4.25. The molecule has 0 radical (unpaired) electrons. The van der Waals surface area contributed by atoms with Crippen LogP contribution in [0.5, 0.6) is 0 Å². The van der Waals surface area contributed by atoms with Gasteiger partial charge in [0.1, 0.15) is 6.26 Å². The van der Waals surface area contributed by atoms with Crippen LogP contribution < -0.4 is 0 Å². The summed E-state index contributed by atoms with van der Waals surface area (Å²) < 4.78 is 15.3. The van der Waals surface area contributed by atoms with E-state index in [2.05, 4.69) is 0 Å². The van der Waals surface area contributed by atoms with Crippen LogP contribution in [0.4, 0.5) is 0 Å². The molecule has 0 fully saturated rings. The molecule has 13 heavy (non-hydrogen) atoms. The molecule has 1 aliphatic heterocycles. The van der Waals surface area contributed by atoms with Crippen molar-refractivity contribution >= 4 is 5.97 Å². The molecule has 0 atom stereocenters. The van der Waals surface area contributed by atoms with Gasteiger partial charge in [-0.05, 0) is 0 Å². The lowest BCUT2D eigenvalue weighted by atomic mass is 10.4. The van der Waals surface area contributed by atoms with Crippen molar-refractivity contribution in [2.24, 2.45) is 0 Å². The average Bonchev–Trinajstić information content (AvgIpc) is 2.41. The minimum Gasteiger partial charge on any atom is -0.457 e. The molecule has 0 saturated carbocycles. The first-order valence-electron chi connectivity index (χ1n) is 4.25. The second kappa shape index (κ2) is 3.68. The van der Waals surface area contributed by atoms with Gasteiger partial charge in [-0.15, -0.1) is 0 Å². The molecule has 0 N–H and O–H groups in total. The van der Waals surface area contributed by atoms with Gasteiger partial charge in [0.25, 0.3) is 0 Å². The monoisotopic (exact) mass is 186 g/mol. The molecule has 1 aliphatic rings. The third-order valence-electron chi connectivity index (χ3n) is 1.52. The van der Waals surface area contributed by atoms with E-state index in [1.54, 1.807) is 20.8 Å². The molecule has 0 aliphatic carbocycles. The summed E-state index contributed by atoms with van der Waals surface area (Å²) in [5.41, 5.74) is 0. The van der Waals surface area contributed by atoms with E-state index in [1.165, 1.54) is 6.26 Å². The van der Waals surface area contributed by atoms with Crippen LogP contribution in [0.2, 0.25) is 0 Å². The number of hydrogen-bond acceptors (Lipinski definition) is 4. The highest BCUT2D eigenvalue weighted by Gasteiger charge is 2.27. The van der Waals surface area contributed by atoms with Crippen molar-refractivity contribution in [2.45, 2.75) is 33.0 Å². The van der Waals surface area contributed by atoms with Gasteiger partial charge in [-0.3, -0.25) is 4.79 Å². The molecule has 1 rings (SSSR count). The van der Waals surface area contributed by atoms with Crippen molar-refractivity contribution < 1.29 is 19.0 Å². The summed E-state index contributed by atoms with van der Waals surface area (Å²) in [7, 11) is 0. The third kappa shape index (κ3) is 2.97. The third-order valence-corrected chi connectivity index (χ3v) is 1.52. The van der Waals surface area contributed by atoms with Crippen LogP contribution in [0.1, 0.15) is 27.2 Å². The van der Waals surface area contributed by atoms with Gasteiger partial charge in [-0.25, -0.2) is 0 Å². The minimum atomic E-state index is -0.631. The summed E-state index contributed by atoms with van der Waals surface area (Å²) in [4.78, 5) is 10.8. The molecular formula is C9H14O4. The van der Waals surface area contributed by atoms with Crippen LogP contribution in [0.3, 0.4) is 0 Å². The molecule has 74 valence electrons. The Morgan fingerprint density at radius 1 is 1.62 bits per heavy atom. The fourth-order valence-corrected chi connectivity index (χ4v) is 0.889. The van der Waals surface area contributed by atoms with E-state index in [4.69, 9.17) is 14.2 Å². The van der Waals surface area contributed by atoms with Gasteiger partial charge in [-0.2, -0.15) is 0 Å². The maximum atomic E-state index is 10.8. The van der Waals surface area contributed by atoms with Crippen molar-refractivity contribution in [1.29, 1.82) is 0 Å². The van der Waals surface area contributed by atoms with Crippen molar-refractivity contribution in [3.63, 3.8) is 0 Å². The highest BCUT2D eigenvalue weighted by molar-refractivity contribution is 5.68. The molecule has 4 heteroatoms. The van der Waals surface area contributed by atoms with Gasteiger partial charge in [0, 0.05) is 20.3 Å². The zero-order valence-corrected chi connectivity index (χ0v) is 8.12. The maximum absolute atomic E-state index is 10.8. The number of carbonyl (C=O) groups is 1. The molecule has 4 nitrogen and oxygen atoms in total. The number of esters is 1. The summed E-state index contributed by atoms with van der Waals surface area (Å²) >= 11 is 0. The Morgan fingerprint density at radius 2 is 2.31 bits per heavy atom. The largest absolute Gasteiger partial charge is 0.457 e. The Morgan fingerprint density at radius 3 is 2.77 bits per heavy atom. The van der Waals surface area contributed by atoms with Gasteiger partial charge in [-0.1, -0.05) is 6.92 Å². The van der Waals surface area contributed by atoms with Crippen LogP contribution in [-0.2, 0) is 19.0 Å². The molecular weight excluding hydrogens is 172 g/mol. The predicted molar refractivity (Wildman–Crippen MR) is 45.6 cm³/mol. The van der Waals surface area contributed by atoms with Gasteiger partial charge in [0.05, 0.1) is 0 Å². The van der Waals surface area contributed by atoms with E-state index in [0.717, 1.165) is 0 Å². The molecule has 0 aromatic rings. The Labute approximate surface area is 77.5 Å². The van der Waals surface area contributed by atoms with Gasteiger partial charge in [0.2, 0.25) is 5.79 Å². The fraction of sp³-hybridized carbons (Fsp3) is 0.667. The van der Waals surface area contributed by atoms with Crippen molar-refractivity contribution in [2.75, 3.05) is 6.61 Å². The standard InChI is InChI=1S/C9H14O4/c1-4-8(10)11-5-7-6-12-9(2,3)13-7/h6H,4-5H2,1-3H3. The number of ether oxygens (including phenoxy) is 3. The quantitative estimate of drug-likeness (QED) is 0.627. The predicted octanol–water partition coefficient (Wildman–Crippen LogP) is 1.56. The molecule has 0 spiro atoms. The molecule has 0 aromatic heterocycles. The smallest absolute Gasteiger partial charge is 0.305 e. The molecule has 0 amide bonds. The van der Waals surface area contributed by atoms with E-state index in [0.29, 0.717) is 12.2 Å². The van der Waals surface area contributed by atoms with Gasteiger partial charge in [0.15, 0.2) is 12.4 Å². The Kier molecular flexibility index (Phi) is 2.80. The number of carbonyl (C=O) groups excluding carboxylic acids is 1. The number of rotatable bonds is 3. The van der Waals surface area contributed by atoms with E-state index >= 15 is 0 Å². The molecule has 0 aromatic carbocycles. The second-order valence-corrected chi connectivity index (χ2v) is 3.22. The topological polar surface area (TPSA) is 44.8 Å². The zero-order chi connectivity index (χ0) is 9.90. The molecule has 0 saturated heterocycles. The van der Waals surface area contributed by atoms with Crippen molar-refractivity contribution in [1.82, 2.24) is 0 Å². The van der Waals surface area contributed by atoms with E-state index < -0.39 is 5.79 Å². The van der Waals surface area contributed by atoms with Gasteiger partial charge >= 0.3 is 5.97 Å². The molecule has 0 unspecified atom stereocenters. The summed E-state index contributed by atoms with van der Waals surface area (Å²) in [6.07, 6.45) is 1.85. The lowest BCUT2D eigenvalue weighted by molar-refractivity contribution is -0.147. The van der Waals surface area contributed by atoms with Crippen LogP contribution >= 0.6 is 0 Å². The highest BCUT2D eigenvalue weighted by atomic mass is 16.7. The first-order chi connectivity index (χ1) is 6.03.